The lowest BCUT2D eigenvalue weighted by Gasteiger charge is -2.25. The van der Waals surface area contributed by atoms with Gasteiger partial charge in [0.2, 0.25) is 0 Å². The number of nitro benzene ring substituents is 1. The van der Waals surface area contributed by atoms with Crippen molar-refractivity contribution >= 4 is 34.4 Å². The van der Waals surface area contributed by atoms with Gasteiger partial charge in [-0.1, -0.05) is 17.7 Å². The minimum Gasteiger partial charge on any atom is -0.331 e. The Balaban J connectivity index is 1.99. The van der Waals surface area contributed by atoms with Crippen LogP contribution in [-0.2, 0) is 0 Å². The van der Waals surface area contributed by atoms with E-state index in [-0.39, 0.29) is 5.69 Å². The molecule has 0 aliphatic carbocycles. The molecule has 120 valence electrons. The van der Waals surface area contributed by atoms with Crippen LogP contribution in [0.1, 0.15) is 12.5 Å². The summed E-state index contributed by atoms with van der Waals surface area (Å²) in [5.41, 5.74) is 6.04. The molecule has 0 fully saturated rings. The van der Waals surface area contributed by atoms with Crippen LogP contribution in [0.5, 0.6) is 0 Å². The quantitative estimate of drug-likeness (QED) is 0.495. The van der Waals surface area contributed by atoms with Crippen molar-refractivity contribution in [2.24, 2.45) is 0 Å². The second kappa shape index (κ2) is 7.55. The van der Waals surface area contributed by atoms with E-state index < -0.39 is 4.92 Å². The molecule has 0 amide bonds. The minimum absolute atomic E-state index is 0.0456. The van der Waals surface area contributed by atoms with E-state index >= 15 is 0 Å². The van der Waals surface area contributed by atoms with E-state index in [0.717, 1.165) is 12.2 Å². The lowest BCUT2D eigenvalue weighted by molar-refractivity contribution is -0.384. The average molecular weight is 330 g/mol. The third-order valence-electron chi connectivity index (χ3n) is 3.23. The number of non-ortho nitro benzene ring substituents is 1. The van der Waals surface area contributed by atoms with Crippen molar-refractivity contribution in [1.82, 2.24) is 5.43 Å². The summed E-state index contributed by atoms with van der Waals surface area (Å²) in [4.78, 5) is 10.2. The molecular formula is C16H18N4O2S. The fourth-order valence-electron chi connectivity index (χ4n) is 2.00. The third kappa shape index (κ3) is 4.65. The Morgan fingerprint density at radius 1 is 1.17 bits per heavy atom. The van der Waals surface area contributed by atoms with Crippen LogP contribution in [0.3, 0.4) is 0 Å². The maximum Gasteiger partial charge on any atom is 0.269 e. The molecule has 0 aliphatic rings. The standard InChI is InChI=1S/C16H18N4O2S/c1-3-19(14-8-4-12(2)5-9-14)18-16(23)17-13-6-10-15(11-7-13)20(21)22/h4-11H,3H2,1-2H3,(H2,17,18,23). The van der Waals surface area contributed by atoms with Gasteiger partial charge in [0, 0.05) is 24.4 Å². The van der Waals surface area contributed by atoms with Crippen LogP contribution in [0.2, 0.25) is 0 Å². The number of thiocarbonyl (C=S) groups is 1. The van der Waals surface area contributed by atoms with Crippen molar-refractivity contribution in [2.45, 2.75) is 13.8 Å². The molecule has 0 atom stereocenters. The van der Waals surface area contributed by atoms with Crippen LogP contribution >= 0.6 is 12.2 Å². The number of anilines is 2. The smallest absolute Gasteiger partial charge is 0.269 e. The van der Waals surface area contributed by atoms with Gasteiger partial charge < -0.3 is 5.32 Å². The molecule has 2 N–H and O–H groups in total. The first-order chi connectivity index (χ1) is 11.0. The number of nitro groups is 1. The molecule has 0 aliphatic heterocycles. The van der Waals surface area contributed by atoms with Gasteiger partial charge in [0.05, 0.1) is 10.6 Å². The fourth-order valence-corrected chi connectivity index (χ4v) is 2.23. The lowest BCUT2D eigenvalue weighted by atomic mass is 10.2. The van der Waals surface area contributed by atoms with Crippen molar-refractivity contribution in [3.05, 3.63) is 64.2 Å². The Bertz CT molecular complexity index is 686. The summed E-state index contributed by atoms with van der Waals surface area (Å²) < 4.78 is 0. The monoisotopic (exact) mass is 330 g/mol. The molecule has 6 nitrogen and oxygen atoms in total. The molecule has 0 radical (unpaired) electrons. The lowest BCUT2D eigenvalue weighted by Crippen LogP contribution is -2.44. The molecule has 2 aromatic rings. The van der Waals surface area contributed by atoms with Crippen LogP contribution in [0.15, 0.2) is 48.5 Å². The molecule has 0 heterocycles. The predicted octanol–water partition coefficient (Wildman–Crippen LogP) is 3.63. The zero-order valence-electron chi connectivity index (χ0n) is 12.9. The third-order valence-corrected chi connectivity index (χ3v) is 3.43. The maximum atomic E-state index is 10.6. The summed E-state index contributed by atoms with van der Waals surface area (Å²) in [5, 5.41) is 16.0. The summed E-state index contributed by atoms with van der Waals surface area (Å²) in [6.45, 7) is 4.78. The van der Waals surface area contributed by atoms with E-state index in [2.05, 4.69) is 10.7 Å². The van der Waals surface area contributed by atoms with Gasteiger partial charge in [-0.05, 0) is 50.3 Å². The summed E-state index contributed by atoms with van der Waals surface area (Å²) in [5.74, 6) is 0. The molecule has 7 heteroatoms. The van der Waals surface area contributed by atoms with E-state index in [1.165, 1.54) is 17.7 Å². The SMILES string of the molecule is CCN(NC(=S)Nc1ccc([N+](=O)[O-])cc1)c1ccc(C)cc1. The van der Waals surface area contributed by atoms with Crippen molar-refractivity contribution in [3.8, 4) is 0 Å². The minimum atomic E-state index is -0.434. The maximum absolute atomic E-state index is 10.6. The number of hydrogen-bond donors (Lipinski definition) is 2. The highest BCUT2D eigenvalue weighted by atomic mass is 32.1. The Labute approximate surface area is 140 Å². The number of rotatable bonds is 5. The van der Waals surface area contributed by atoms with Crippen molar-refractivity contribution in [3.63, 3.8) is 0 Å². The van der Waals surface area contributed by atoms with E-state index in [9.17, 15) is 10.1 Å². The van der Waals surface area contributed by atoms with Crippen molar-refractivity contribution < 1.29 is 4.92 Å². The van der Waals surface area contributed by atoms with Gasteiger partial charge in [0.25, 0.3) is 5.69 Å². The van der Waals surface area contributed by atoms with E-state index in [1.54, 1.807) is 12.1 Å². The van der Waals surface area contributed by atoms with Crippen LogP contribution in [0, 0.1) is 17.0 Å². The van der Waals surface area contributed by atoms with Gasteiger partial charge in [0.1, 0.15) is 0 Å². The zero-order valence-corrected chi connectivity index (χ0v) is 13.8. The Hall–Kier alpha value is -2.67. The van der Waals surface area contributed by atoms with Gasteiger partial charge >= 0.3 is 0 Å². The average Bonchev–Trinajstić information content (AvgIpc) is 2.54. The van der Waals surface area contributed by atoms with Gasteiger partial charge in [0.15, 0.2) is 5.11 Å². The van der Waals surface area contributed by atoms with Crippen LogP contribution in [0.25, 0.3) is 0 Å². The molecule has 2 aromatic carbocycles. The van der Waals surface area contributed by atoms with Crippen molar-refractivity contribution in [2.75, 3.05) is 16.9 Å². The van der Waals surface area contributed by atoms with E-state index in [0.29, 0.717) is 10.8 Å². The van der Waals surface area contributed by atoms with Crippen LogP contribution < -0.4 is 15.8 Å². The molecule has 23 heavy (non-hydrogen) atoms. The largest absolute Gasteiger partial charge is 0.331 e. The van der Waals surface area contributed by atoms with Gasteiger partial charge in [-0.3, -0.25) is 20.5 Å². The second-order valence-electron chi connectivity index (χ2n) is 4.95. The van der Waals surface area contributed by atoms with Crippen LogP contribution in [0.4, 0.5) is 17.1 Å². The summed E-state index contributed by atoms with van der Waals surface area (Å²) in [6.07, 6.45) is 0. The summed E-state index contributed by atoms with van der Waals surface area (Å²) in [7, 11) is 0. The first-order valence-electron chi connectivity index (χ1n) is 7.16. The van der Waals surface area contributed by atoms with E-state index in [4.69, 9.17) is 12.2 Å². The molecule has 0 saturated carbocycles. The normalized spacial score (nSPS) is 10.0. The first kappa shape index (κ1) is 16.7. The predicted molar refractivity (Wildman–Crippen MR) is 96.7 cm³/mol. The number of aryl methyl sites for hydroxylation is 1. The van der Waals surface area contributed by atoms with Crippen LogP contribution in [-0.4, -0.2) is 16.6 Å². The number of nitrogens with one attached hydrogen (secondary N) is 2. The Kier molecular flexibility index (Phi) is 5.48. The molecular weight excluding hydrogens is 312 g/mol. The molecule has 0 unspecified atom stereocenters. The molecule has 2 rings (SSSR count). The second-order valence-corrected chi connectivity index (χ2v) is 5.36. The van der Waals surface area contributed by atoms with Crippen molar-refractivity contribution in [1.29, 1.82) is 0 Å². The highest BCUT2D eigenvalue weighted by Crippen LogP contribution is 2.16. The topological polar surface area (TPSA) is 70.4 Å². The first-order valence-corrected chi connectivity index (χ1v) is 7.56. The summed E-state index contributed by atoms with van der Waals surface area (Å²) >= 11 is 5.29. The van der Waals surface area contributed by atoms with E-state index in [1.807, 2.05) is 43.1 Å². The zero-order chi connectivity index (χ0) is 16.8. The van der Waals surface area contributed by atoms with Gasteiger partial charge in [-0.2, -0.15) is 0 Å². The molecule has 0 saturated heterocycles. The fraction of sp³-hybridized carbons (Fsp3) is 0.188. The molecule has 0 aromatic heterocycles. The highest BCUT2D eigenvalue weighted by Gasteiger charge is 2.08. The number of hydrazine groups is 1. The highest BCUT2D eigenvalue weighted by molar-refractivity contribution is 7.80. The molecule has 0 spiro atoms. The number of nitrogens with zero attached hydrogens (tertiary/aromatic N) is 2. The van der Waals surface area contributed by atoms with Gasteiger partial charge in [-0.15, -0.1) is 0 Å². The van der Waals surface area contributed by atoms with Gasteiger partial charge in [-0.25, -0.2) is 0 Å². The number of hydrogen-bond acceptors (Lipinski definition) is 4. The number of benzene rings is 2. The summed E-state index contributed by atoms with van der Waals surface area (Å²) in [6, 6.07) is 14.2. The Morgan fingerprint density at radius 2 is 1.78 bits per heavy atom. The molecule has 0 bridgehead atoms. The Morgan fingerprint density at radius 3 is 2.30 bits per heavy atom.